The van der Waals surface area contributed by atoms with Gasteiger partial charge in [0, 0.05) is 9.79 Å². The van der Waals surface area contributed by atoms with E-state index in [0.717, 1.165) is 4.90 Å². The maximum atomic E-state index is 4.43. The van der Waals surface area contributed by atoms with Gasteiger partial charge in [0.05, 0.1) is 0 Å². The first-order chi connectivity index (χ1) is 6.33. The van der Waals surface area contributed by atoms with Gasteiger partial charge in [-0.05, 0) is 23.1 Å². The van der Waals surface area contributed by atoms with Gasteiger partial charge in [-0.15, -0.1) is 24.4 Å². The zero-order chi connectivity index (χ0) is 9.26. The average Bonchev–Trinajstić information content (AvgIpc) is 2.18. The summed E-state index contributed by atoms with van der Waals surface area (Å²) in [6.45, 7) is 0. The van der Waals surface area contributed by atoms with E-state index in [4.69, 9.17) is 0 Å². The van der Waals surface area contributed by atoms with E-state index >= 15 is 0 Å². The second-order valence-electron chi connectivity index (χ2n) is 2.84. The number of fused-ring (bicyclic) bond motifs is 1. The minimum Gasteiger partial charge on any atom is -0.142 e. The van der Waals surface area contributed by atoms with Crippen molar-refractivity contribution in [2.24, 2.45) is 0 Å². The maximum Gasteiger partial charge on any atom is 0.0281 e. The first-order valence-corrected chi connectivity index (χ1v) is 5.75. The Hall–Kier alpha value is -0.600. The minimum atomic E-state index is 1.06. The predicted octanol–water partition coefficient (Wildman–Crippen LogP) is 3.85. The molecular formula is C11H10S2. The predicted molar refractivity (Wildman–Crippen MR) is 63.0 cm³/mol. The van der Waals surface area contributed by atoms with Gasteiger partial charge in [0.2, 0.25) is 0 Å². The van der Waals surface area contributed by atoms with Gasteiger partial charge < -0.3 is 0 Å². The molecule has 0 atom stereocenters. The second kappa shape index (κ2) is 3.64. The van der Waals surface area contributed by atoms with Crippen molar-refractivity contribution in [3.8, 4) is 0 Å². The molecule has 2 rings (SSSR count). The summed E-state index contributed by atoms with van der Waals surface area (Å²) in [6, 6.07) is 12.6. The van der Waals surface area contributed by atoms with Crippen molar-refractivity contribution in [1.82, 2.24) is 0 Å². The van der Waals surface area contributed by atoms with Gasteiger partial charge in [-0.25, -0.2) is 0 Å². The van der Waals surface area contributed by atoms with Gasteiger partial charge in [0.25, 0.3) is 0 Å². The summed E-state index contributed by atoms with van der Waals surface area (Å²) in [5.41, 5.74) is 0. The Balaban J connectivity index is 2.84. The van der Waals surface area contributed by atoms with E-state index in [1.807, 2.05) is 0 Å². The second-order valence-corrected chi connectivity index (χ2v) is 4.14. The molecule has 13 heavy (non-hydrogen) atoms. The Morgan fingerprint density at radius 3 is 2.62 bits per heavy atom. The van der Waals surface area contributed by atoms with Crippen LogP contribution in [0.5, 0.6) is 0 Å². The van der Waals surface area contributed by atoms with Gasteiger partial charge in [0.15, 0.2) is 0 Å². The number of thiol groups is 1. The smallest absolute Gasteiger partial charge is 0.0281 e. The first kappa shape index (κ1) is 8.97. The quantitative estimate of drug-likeness (QED) is 0.546. The largest absolute Gasteiger partial charge is 0.142 e. The molecule has 2 aromatic carbocycles. The van der Waals surface area contributed by atoms with Crippen LogP contribution < -0.4 is 0 Å². The lowest BCUT2D eigenvalue weighted by atomic mass is 10.1. The van der Waals surface area contributed by atoms with Gasteiger partial charge >= 0.3 is 0 Å². The molecular weight excluding hydrogens is 196 g/mol. The molecule has 0 aliphatic rings. The first-order valence-electron chi connectivity index (χ1n) is 4.07. The van der Waals surface area contributed by atoms with Gasteiger partial charge in [-0.3, -0.25) is 0 Å². The Kier molecular flexibility index (Phi) is 2.51. The van der Waals surface area contributed by atoms with Crippen LogP contribution in [0.2, 0.25) is 0 Å². The van der Waals surface area contributed by atoms with Crippen LogP contribution in [0.1, 0.15) is 0 Å². The number of hydrogen-bond acceptors (Lipinski definition) is 2. The van der Waals surface area contributed by atoms with Crippen molar-refractivity contribution in [3.05, 3.63) is 36.4 Å². The van der Waals surface area contributed by atoms with E-state index < -0.39 is 0 Å². The molecule has 2 heteroatoms. The summed E-state index contributed by atoms with van der Waals surface area (Å²) in [6.07, 6.45) is 2.08. The summed E-state index contributed by atoms with van der Waals surface area (Å²) in [4.78, 5) is 2.33. The number of hydrogen-bond donors (Lipinski definition) is 1. The van der Waals surface area contributed by atoms with Crippen LogP contribution in [0.25, 0.3) is 10.8 Å². The Morgan fingerprint density at radius 1 is 1.08 bits per heavy atom. The van der Waals surface area contributed by atoms with Crippen molar-refractivity contribution in [2.75, 3.05) is 6.26 Å². The highest BCUT2D eigenvalue weighted by Gasteiger charge is 2.02. The average molecular weight is 206 g/mol. The summed E-state index contributed by atoms with van der Waals surface area (Å²) >= 11 is 6.18. The van der Waals surface area contributed by atoms with E-state index in [2.05, 4.69) is 55.3 Å². The van der Waals surface area contributed by atoms with E-state index in [9.17, 15) is 0 Å². The fourth-order valence-electron chi connectivity index (χ4n) is 1.45. The van der Waals surface area contributed by atoms with Crippen LogP contribution in [0.15, 0.2) is 46.2 Å². The Labute approximate surface area is 87.8 Å². The van der Waals surface area contributed by atoms with Gasteiger partial charge in [-0.1, -0.05) is 30.3 Å². The molecule has 0 N–H and O–H groups in total. The normalized spacial score (nSPS) is 10.6. The van der Waals surface area contributed by atoms with Crippen LogP contribution in [0, 0.1) is 0 Å². The van der Waals surface area contributed by atoms with Gasteiger partial charge in [-0.2, -0.15) is 0 Å². The van der Waals surface area contributed by atoms with Crippen molar-refractivity contribution < 1.29 is 0 Å². The molecule has 0 radical (unpaired) electrons. The molecule has 0 saturated carbocycles. The van der Waals surface area contributed by atoms with Crippen LogP contribution >= 0.6 is 24.4 Å². The molecule has 0 saturated heterocycles. The Bertz CT molecular complexity index is 435. The highest BCUT2D eigenvalue weighted by atomic mass is 32.2. The van der Waals surface area contributed by atoms with Gasteiger partial charge in [0.1, 0.15) is 0 Å². The summed E-state index contributed by atoms with van der Waals surface area (Å²) in [7, 11) is 0. The SMILES string of the molecule is CSc1c(S)ccc2ccccc12. The van der Waals surface area contributed by atoms with Crippen LogP contribution in [0.4, 0.5) is 0 Å². The van der Waals surface area contributed by atoms with Crippen LogP contribution in [-0.2, 0) is 0 Å². The zero-order valence-electron chi connectivity index (χ0n) is 7.32. The lowest BCUT2D eigenvalue weighted by Gasteiger charge is -2.05. The third-order valence-corrected chi connectivity index (χ3v) is 3.43. The molecule has 0 aliphatic heterocycles. The molecule has 0 heterocycles. The molecule has 0 aliphatic carbocycles. The fraction of sp³-hybridized carbons (Fsp3) is 0.0909. The molecule has 0 fully saturated rings. The molecule has 0 spiro atoms. The molecule has 66 valence electrons. The topological polar surface area (TPSA) is 0 Å². The molecule has 0 bridgehead atoms. The molecule has 0 unspecified atom stereocenters. The highest BCUT2D eigenvalue weighted by Crippen LogP contribution is 2.31. The number of benzene rings is 2. The molecule has 0 nitrogen and oxygen atoms in total. The molecule has 0 aromatic heterocycles. The van der Waals surface area contributed by atoms with Crippen molar-refractivity contribution in [1.29, 1.82) is 0 Å². The Morgan fingerprint density at radius 2 is 1.85 bits per heavy atom. The lowest BCUT2D eigenvalue weighted by molar-refractivity contribution is 1.32. The lowest BCUT2D eigenvalue weighted by Crippen LogP contribution is -1.78. The number of rotatable bonds is 1. The third-order valence-electron chi connectivity index (χ3n) is 2.06. The van der Waals surface area contributed by atoms with Crippen LogP contribution in [-0.4, -0.2) is 6.26 Å². The highest BCUT2D eigenvalue weighted by molar-refractivity contribution is 7.99. The summed E-state index contributed by atoms with van der Waals surface area (Å²) < 4.78 is 0. The van der Waals surface area contributed by atoms with E-state index in [1.165, 1.54) is 15.7 Å². The zero-order valence-corrected chi connectivity index (χ0v) is 9.03. The minimum absolute atomic E-state index is 1.06. The third kappa shape index (κ3) is 1.56. The van der Waals surface area contributed by atoms with Crippen molar-refractivity contribution in [3.63, 3.8) is 0 Å². The standard InChI is InChI=1S/C11H10S2/c1-13-11-9-5-3-2-4-8(9)6-7-10(11)12/h2-7,12H,1H3. The summed E-state index contributed by atoms with van der Waals surface area (Å²) in [5.74, 6) is 0. The maximum absolute atomic E-state index is 4.43. The molecule has 2 aromatic rings. The van der Waals surface area contributed by atoms with E-state index in [1.54, 1.807) is 11.8 Å². The van der Waals surface area contributed by atoms with E-state index in [0.29, 0.717) is 0 Å². The van der Waals surface area contributed by atoms with Crippen molar-refractivity contribution >= 4 is 35.2 Å². The van der Waals surface area contributed by atoms with E-state index in [-0.39, 0.29) is 0 Å². The summed E-state index contributed by atoms with van der Waals surface area (Å²) in [5, 5.41) is 2.58. The fourth-order valence-corrected chi connectivity index (χ4v) is 2.60. The monoisotopic (exact) mass is 206 g/mol. The molecule has 0 amide bonds. The van der Waals surface area contributed by atoms with Crippen molar-refractivity contribution in [2.45, 2.75) is 9.79 Å². The van der Waals surface area contributed by atoms with Crippen LogP contribution in [0.3, 0.4) is 0 Å². The number of thioether (sulfide) groups is 1.